The molecule has 1 saturated heterocycles. The zero-order valence-corrected chi connectivity index (χ0v) is 21.1. The highest BCUT2D eigenvalue weighted by Crippen LogP contribution is 2.37. The molecule has 5 rings (SSSR count). The van der Waals surface area contributed by atoms with E-state index in [1.54, 1.807) is 30.3 Å². The van der Waals surface area contributed by atoms with E-state index in [0.717, 1.165) is 6.07 Å². The van der Waals surface area contributed by atoms with Crippen molar-refractivity contribution >= 4 is 16.8 Å². The predicted molar refractivity (Wildman–Crippen MR) is 133 cm³/mol. The van der Waals surface area contributed by atoms with E-state index in [-0.39, 0.29) is 40.6 Å². The van der Waals surface area contributed by atoms with Crippen molar-refractivity contribution < 1.29 is 31.9 Å². The summed E-state index contributed by atoms with van der Waals surface area (Å²) in [7, 11) is 1.34. The van der Waals surface area contributed by atoms with Crippen molar-refractivity contribution in [3.05, 3.63) is 60.0 Å². The number of pyridine rings is 1. The summed E-state index contributed by atoms with van der Waals surface area (Å²) in [5.74, 6) is 0.441. The van der Waals surface area contributed by atoms with E-state index in [9.17, 15) is 18.0 Å². The first-order valence-electron chi connectivity index (χ1n) is 12.2. The molecule has 13 heteroatoms. The summed E-state index contributed by atoms with van der Waals surface area (Å²) < 4.78 is 57.0. The number of nitrogens with two attached hydrogens (primary N) is 1. The van der Waals surface area contributed by atoms with Crippen LogP contribution in [0.5, 0.6) is 11.6 Å². The van der Waals surface area contributed by atoms with Crippen molar-refractivity contribution in [1.82, 2.24) is 24.8 Å². The molecule has 3 aromatic heterocycles. The minimum absolute atomic E-state index is 0.0107. The van der Waals surface area contributed by atoms with Crippen molar-refractivity contribution in [2.24, 2.45) is 5.73 Å². The van der Waals surface area contributed by atoms with Crippen molar-refractivity contribution in [3.63, 3.8) is 0 Å². The summed E-state index contributed by atoms with van der Waals surface area (Å²) >= 11 is 0. The number of amides is 1. The molecule has 0 spiro atoms. The number of methoxy groups -OCH3 is 1. The minimum atomic E-state index is -4.63. The predicted octanol–water partition coefficient (Wildman–Crippen LogP) is 4.41. The van der Waals surface area contributed by atoms with Gasteiger partial charge in [-0.1, -0.05) is 0 Å². The van der Waals surface area contributed by atoms with Crippen LogP contribution in [0.2, 0.25) is 0 Å². The lowest BCUT2D eigenvalue weighted by molar-refractivity contribution is -0.140. The zero-order chi connectivity index (χ0) is 27.7. The molecule has 0 saturated carbocycles. The van der Waals surface area contributed by atoms with Crippen LogP contribution in [-0.2, 0) is 6.18 Å². The quantitative estimate of drug-likeness (QED) is 0.377. The summed E-state index contributed by atoms with van der Waals surface area (Å²) in [6.07, 6.45) is 1.04. The lowest BCUT2D eigenvalue weighted by Crippen LogP contribution is -2.42. The number of carbonyl (C=O) groups excluding carboxylic acids is 1. The fourth-order valence-electron chi connectivity index (χ4n) is 4.45. The van der Waals surface area contributed by atoms with Gasteiger partial charge in [0.2, 0.25) is 11.8 Å². The lowest BCUT2D eigenvalue weighted by atomic mass is 10.1. The molecule has 1 atom stereocenters. The van der Waals surface area contributed by atoms with Gasteiger partial charge in [0.05, 0.1) is 19.3 Å². The topological polar surface area (TPSA) is 129 Å². The van der Waals surface area contributed by atoms with E-state index >= 15 is 0 Å². The Balaban J connectivity index is 1.43. The van der Waals surface area contributed by atoms with Gasteiger partial charge in [0.25, 0.3) is 5.91 Å². The van der Waals surface area contributed by atoms with Crippen LogP contribution in [0.4, 0.5) is 13.2 Å². The third kappa shape index (κ3) is 5.35. The summed E-state index contributed by atoms with van der Waals surface area (Å²) in [5, 5.41) is 0.320. The van der Waals surface area contributed by atoms with Gasteiger partial charge in [-0.15, -0.1) is 0 Å². The summed E-state index contributed by atoms with van der Waals surface area (Å²) in [6.45, 7) is 2.49. The Morgan fingerprint density at radius 2 is 1.92 bits per heavy atom. The third-order valence-electron chi connectivity index (χ3n) is 6.39. The molecular formula is C26H25F3N6O4. The van der Waals surface area contributed by atoms with Crippen LogP contribution in [0.1, 0.15) is 47.7 Å². The normalized spacial score (nSPS) is 15.4. The largest absolute Gasteiger partial charge is 0.494 e. The molecule has 2 N–H and O–H groups in total. The first kappa shape index (κ1) is 26.4. The fraction of sp³-hybridized carbons (Fsp3) is 0.346. The number of fused-ring (bicyclic) bond motifs is 1. The Morgan fingerprint density at radius 3 is 2.56 bits per heavy atom. The number of rotatable bonds is 6. The average molecular weight is 543 g/mol. The molecule has 39 heavy (non-hydrogen) atoms. The van der Waals surface area contributed by atoms with Gasteiger partial charge in [-0.2, -0.15) is 13.2 Å². The Labute approximate surface area is 221 Å². The van der Waals surface area contributed by atoms with Crippen molar-refractivity contribution in [1.29, 1.82) is 0 Å². The first-order valence-corrected chi connectivity index (χ1v) is 12.2. The van der Waals surface area contributed by atoms with E-state index in [4.69, 9.17) is 19.6 Å². The van der Waals surface area contributed by atoms with Crippen molar-refractivity contribution in [2.45, 2.75) is 38.1 Å². The van der Waals surface area contributed by atoms with Gasteiger partial charge in [-0.25, -0.2) is 15.0 Å². The second kappa shape index (κ2) is 10.5. The standard InChI is InChI=1S/C26H25F3N6O4/c1-14(30)23-22(25(36)35-11-7-15(8-12-35)38-20-13-31-9-10-32-20)34-24(39-23)17-3-5-18(37-2)21-16(17)4-6-19(33-21)26(27,28)29/h3-6,9-10,13-15H,7-8,11-12,30H2,1-2H3/t14-/m0/s1. The maximum atomic E-state index is 13.5. The Kier molecular flexibility index (Phi) is 7.08. The number of hydrogen-bond donors (Lipinski definition) is 1. The summed E-state index contributed by atoms with van der Waals surface area (Å²) in [6, 6.07) is 4.56. The molecular weight excluding hydrogens is 517 g/mol. The number of piperidine rings is 1. The maximum Gasteiger partial charge on any atom is 0.433 e. The van der Waals surface area contributed by atoms with Gasteiger partial charge >= 0.3 is 6.18 Å². The van der Waals surface area contributed by atoms with Gasteiger partial charge in [0.15, 0.2) is 11.5 Å². The number of carbonyl (C=O) groups is 1. The number of benzene rings is 1. The molecule has 0 aliphatic carbocycles. The number of oxazole rings is 1. The highest BCUT2D eigenvalue weighted by Gasteiger charge is 2.34. The van der Waals surface area contributed by atoms with E-state index in [0.29, 0.717) is 42.8 Å². The fourth-order valence-corrected chi connectivity index (χ4v) is 4.45. The van der Waals surface area contributed by atoms with Gasteiger partial charge in [0.1, 0.15) is 23.1 Å². The van der Waals surface area contributed by atoms with Crippen LogP contribution >= 0.6 is 0 Å². The zero-order valence-electron chi connectivity index (χ0n) is 21.1. The molecule has 1 aliphatic rings. The molecule has 1 aromatic carbocycles. The molecule has 1 aliphatic heterocycles. The van der Waals surface area contributed by atoms with Crippen LogP contribution in [0.15, 0.2) is 47.3 Å². The average Bonchev–Trinajstić information content (AvgIpc) is 3.38. The number of aromatic nitrogens is 4. The van der Waals surface area contributed by atoms with Gasteiger partial charge in [0, 0.05) is 49.3 Å². The van der Waals surface area contributed by atoms with Crippen LogP contribution in [-0.4, -0.2) is 57.0 Å². The van der Waals surface area contributed by atoms with Gasteiger partial charge in [-0.3, -0.25) is 9.78 Å². The van der Waals surface area contributed by atoms with Crippen LogP contribution in [0.25, 0.3) is 22.4 Å². The third-order valence-corrected chi connectivity index (χ3v) is 6.39. The van der Waals surface area contributed by atoms with Gasteiger partial charge in [-0.05, 0) is 31.2 Å². The second-order valence-electron chi connectivity index (χ2n) is 9.08. The monoisotopic (exact) mass is 542 g/mol. The highest BCUT2D eigenvalue weighted by molar-refractivity contribution is 5.98. The molecule has 4 heterocycles. The maximum absolute atomic E-state index is 13.5. The van der Waals surface area contributed by atoms with E-state index < -0.39 is 17.9 Å². The molecule has 0 radical (unpaired) electrons. The van der Waals surface area contributed by atoms with E-state index in [2.05, 4.69) is 19.9 Å². The number of alkyl halides is 3. The van der Waals surface area contributed by atoms with Crippen molar-refractivity contribution in [2.75, 3.05) is 20.2 Å². The molecule has 4 aromatic rings. The van der Waals surface area contributed by atoms with Crippen LogP contribution < -0.4 is 15.2 Å². The number of ether oxygens (including phenoxy) is 2. The molecule has 10 nitrogen and oxygen atoms in total. The summed E-state index contributed by atoms with van der Waals surface area (Å²) in [5.41, 5.74) is 5.45. The minimum Gasteiger partial charge on any atom is -0.494 e. The second-order valence-corrected chi connectivity index (χ2v) is 9.08. The number of halogens is 3. The van der Waals surface area contributed by atoms with Crippen molar-refractivity contribution in [3.8, 4) is 23.1 Å². The molecule has 1 amide bonds. The Hall–Kier alpha value is -4.26. The SMILES string of the molecule is COc1ccc(-c2nc(C(=O)N3CCC(Oc4cnccn4)CC3)c([C@H](C)N)o2)c2ccc(C(F)(F)F)nc12. The smallest absolute Gasteiger partial charge is 0.433 e. The Bertz CT molecular complexity index is 1480. The Morgan fingerprint density at radius 1 is 1.15 bits per heavy atom. The lowest BCUT2D eigenvalue weighted by Gasteiger charge is -2.31. The van der Waals surface area contributed by atoms with E-state index in [1.807, 2.05) is 0 Å². The molecule has 0 bridgehead atoms. The number of likely N-dealkylation sites (tertiary alicyclic amines) is 1. The highest BCUT2D eigenvalue weighted by atomic mass is 19.4. The van der Waals surface area contributed by atoms with Crippen LogP contribution in [0, 0.1) is 0 Å². The first-order chi connectivity index (χ1) is 18.7. The molecule has 204 valence electrons. The van der Waals surface area contributed by atoms with E-state index in [1.165, 1.54) is 25.4 Å². The molecule has 1 fully saturated rings. The van der Waals surface area contributed by atoms with Crippen LogP contribution in [0.3, 0.4) is 0 Å². The molecule has 0 unspecified atom stereocenters. The summed E-state index contributed by atoms with van der Waals surface area (Å²) in [4.78, 5) is 31.5. The number of hydrogen-bond acceptors (Lipinski definition) is 9. The van der Waals surface area contributed by atoms with Gasteiger partial charge < -0.3 is 24.5 Å². The number of nitrogens with zero attached hydrogens (tertiary/aromatic N) is 5.